The number of aryl methyl sites for hydroxylation is 1. The van der Waals surface area contributed by atoms with E-state index in [4.69, 9.17) is 4.98 Å². The molecule has 3 aromatic rings. The second kappa shape index (κ2) is 7.44. The topological polar surface area (TPSA) is 88.0 Å². The average Bonchev–Trinajstić information content (AvgIpc) is 3.42. The van der Waals surface area contributed by atoms with Crippen molar-refractivity contribution in [2.45, 2.75) is 26.2 Å². The SMILES string of the molecule is Cc1cnc(Nc2ccc(-n3cccn3)cc2)nc1N1CCC2(CCNC2=O)CC1. The highest BCUT2D eigenvalue weighted by Crippen LogP contribution is 2.39. The summed E-state index contributed by atoms with van der Waals surface area (Å²) in [5, 5.41) is 10.5. The molecule has 2 saturated heterocycles. The van der Waals surface area contributed by atoms with Gasteiger partial charge in [0.05, 0.1) is 11.1 Å². The van der Waals surface area contributed by atoms with Gasteiger partial charge in [0, 0.05) is 49.5 Å². The molecule has 1 amide bonds. The van der Waals surface area contributed by atoms with Crippen molar-refractivity contribution in [3.05, 3.63) is 54.5 Å². The van der Waals surface area contributed by atoms with Crippen molar-refractivity contribution < 1.29 is 4.79 Å². The second-order valence-corrected chi connectivity index (χ2v) is 8.10. The van der Waals surface area contributed by atoms with Crippen LogP contribution in [0, 0.1) is 12.3 Å². The number of hydrogen-bond acceptors (Lipinski definition) is 6. The molecular formula is C22H25N7O. The van der Waals surface area contributed by atoms with Crippen LogP contribution in [-0.4, -0.2) is 45.3 Å². The number of carbonyl (C=O) groups is 1. The molecule has 0 aliphatic carbocycles. The first-order valence-electron chi connectivity index (χ1n) is 10.4. The minimum Gasteiger partial charge on any atom is -0.356 e. The van der Waals surface area contributed by atoms with Gasteiger partial charge in [0.1, 0.15) is 5.82 Å². The van der Waals surface area contributed by atoms with E-state index >= 15 is 0 Å². The number of nitrogens with zero attached hydrogens (tertiary/aromatic N) is 5. The van der Waals surface area contributed by atoms with E-state index in [9.17, 15) is 4.79 Å². The summed E-state index contributed by atoms with van der Waals surface area (Å²) in [4.78, 5) is 23.8. The number of amides is 1. The number of nitrogens with one attached hydrogen (secondary N) is 2. The second-order valence-electron chi connectivity index (χ2n) is 8.10. The number of anilines is 3. The molecule has 1 spiro atoms. The van der Waals surface area contributed by atoms with Gasteiger partial charge in [0.15, 0.2) is 0 Å². The number of piperidine rings is 1. The van der Waals surface area contributed by atoms with Crippen LogP contribution in [0.1, 0.15) is 24.8 Å². The third kappa shape index (κ3) is 3.38. The predicted octanol–water partition coefficient (Wildman–Crippen LogP) is 2.82. The third-order valence-corrected chi connectivity index (χ3v) is 6.23. The lowest BCUT2D eigenvalue weighted by atomic mass is 9.77. The fourth-order valence-corrected chi connectivity index (χ4v) is 4.40. The van der Waals surface area contributed by atoms with Crippen molar-refractivity contribution >= 4 is 23.4 Å². The van der Waals surface area contributed by atoms with E-state index in [1.807, 2.05) is 54.3 Å². The number of hydrogen-bond donors (Lipinski definition) is 2. The standard InChI is InChI=1S/C22H25N7O/c1-16-15-24-21(26-17-3-5-18(6-4-17)29-12-2-10-25-29)27-19(16)28-13-8-22(9-14-28)7-11-23-20(22)30/h2-6,10,12,15H,7-9,11,13-14H2,1H3,(H,23,30)(H,24,26,27). The van der Waals surface area contributed by atoms with Gasteiger partial charge in [0.25, 0.3) is 0 Å². The lowest BCUT2D eigenvalue weighted by molar-refractivity contribution is -0.128. The molecule has 2 fully saturated rings. The van der Waals surface area contributed by atoms with Gasteiger partial charge in [-0.05, 0) is 56.5 Å². The molecular weight excluding hydrogens is 378 g/mol. The van der Waals surface area contributed by atoms with Crippen LogP contribution in [0.4, 0.5) is 17.5 Å². The van der Waals surface area contributed by atoms with Crippen LogP contribution in [0.15, 0.2) is 48.9 Å². The summed E-state index contributed by atoms with van der Waals surface area (Å²) in [6, 6.07) is 9.88. The van der Waals surface area contributed by atoms with Gasteiger partial charge in [-0.25, -0.2) is 9.67 Å². The fourth-order valence-electron chi connectivity index (χ4n) is 4.40. The molecule has 154 valence electrons. The Morgan fingerprint density at radius 1 is 1.13 bits per heavy atom. The van der Waals surface area contributed by atoms with E-state index in [1.54, 1.807) is 6.20 Å². The Balaban J connectivity index is 1.30. The first-order valence-corrected chi connectivity index (χ1v) is 10.4. The van der Waals surface area contributed by atoms with Gasteiger partial charge >= 0.3 is 0 Å². The molecule has 8 heteroatoms. The van der Waals surface area contributed by atoms with Crippen LogP contribution in [0.5, 0.6) is 0 Å². The Hall–Kier alpha value is -3.42. The molecule has 0 radical (unpaired) electrons. The van der Waals surface area contributed by atoms with Crippen LogP contribution >= 0.6 is 0 Å². The summed E-state index contributed by atoms with van der Waals surface area (Å²) in [5.41, 5.74) is 2.78. The van der Waals surface area contributed by atoms with Gasteiger partial charge in [0.2, 0.25) is 11.9 Å². The van der Waals surface area contributed by atoms with Crippen LogP contribution in [-0.2, 0) is 4.79 Å². The summed E-state index contributed by atoms with van der Waals surface area (Å²) < 4.78 is 1.82. The monoisotopic (exact) mass is 403 g/mol. The zero-order valence-electron chi connectivity index (χ0n) is 17.0. The first kappa shape index (κ1) is 18.6. The molecule has 0 saturated carbocycles. The van der Waals surface area contributed by atoms with Gasteiger partial charge < -0.3 is 15.5 Å². The zero-order chi connectivity index (χ0) is 20.6. The molecule has 4 heterocycles. The molecule has 2 aliphatic rings. The molecule has 0 unspecified atom stereocenters. The van der Waals surface area contributed by atoms with Crippen LogP contribution in [0.25, 0.3) is 5.69 Å². The van der Waals surface area contributed by atoms with E-state index in [2.05, 4.69) is 25.6 Å². The Labute approximate surface area is 175 Å². The molecule has 0 bridgehead atoms. The number of benzene rings is 1. The fraction of sp³-hybridized carbons (Fsp3) is 0.364. The van der Waals surface area contributed by atoms with Crippen LogP contribution in [0.3, 0.4) is 0 Å². The molecule has 2 aliphatic heterocycles. The van der Waals surface area contributed by atoms with Gasteiger partial charge in [-0.3, -0.25) is 4.79 Å². The normalized spacial score (nSPS) is 17.9. The lowest BCUT2D eigenvalue weighted by Gasteiger charge is -2.38. The van der Waals surface area contributed by atoms with Crippen LogP contribution < -0.4 is 15.5 Å². The average molecular weight is 403 g/mol. The van der Waals surface area contributed by atoms with Crippen molar-refractivity contribution in [1.29, 1.82) is 0 Å². The van der Waals surface area contributed by atoms with Gasteiger partial charge in [-0.15, -0.1) is 0 Å². The Kier molecular flexibility index (Phi) is 4.61. The van der Waals surface area contributed by atoms with E-state index in [0.29, 0.717) is 5.95 Å². The molecule has 2 aromatic heterocycles. The minimum atomic E-state index is -0.172. The van der Waals surface area contributed by atoms with Crippen molar-refractivity contribution in [1.82, 2.24) is 25.1 Å². The number of rotatable bonds is 4. The quantitative estimate of drug-likeness (QED) is 0.697. The predicted molar refractivity (Wildman–Crippen MR) is 115 cm³/mol. The summed E-state index contributed by atoms with van der Waals surface area (Å²) in [6.45, 7) is 4.51. The number of carbonyl (C=O) groups excluding carboxylic acids is 1. The smallest absolute Gasteiger partial charge is 0.229 e. The summed E-state index contributed by atoms with van der Waals surface area (Å²) in [5.74, 6) is 1.73. The van der Waals surface area contributed by atoms with E-state index < -0.39 is 0 Å². The molecule has 1 aromatic carbocycles. The highest BCUT2D eigenvalue weighted by atomic mass is 16.2. The van der Waals surface area contributed by atoms with Crippen LogP contribution in [0.2, 0.25) is 0 Å². The Bertz CT molecular complexity index is 1040. The lowest BCUT2D eigenvalue weighted by Crippen LogP contribution is -2.44. The highest BCUT2D eigenvalue weighted by molar-refractivity contribution is 5.85. The van der Waals surface area contributed by atoms with Crippen molar-refractivity contribution in [3.8, 4) is 5.69 Å². The third-order valence-electron chi connectivity index (χ3n) is 6.23. The highest BCUT2D eigenvalue weighted by Gasteiger charge is 2.44. The maximum atomic E-state index is 12.2. The van der Waals surface area contributed by atoms with Crippen molar-refractivity contribution in [2.75, 3.05) is 29.9 Å². The number of aromatic nitrogens is 4. The van der Waals surface area contributed by atoms with E-state index in [0.717, 1.165) is 61.7 Å². The zero-order valence-corrected chi connectivity index (χ0v) is 17.0. The van der Waals surface area contributed by atoms with Gasteiger partial charge in [-0.2, -0.15) is 10.1 Å². The first-order chi connectivity index (χ1) is 14.6. The van der Waals surface area contributed by atoms with Gasteiger partial charge in [-0.1, -0.05) is 0 Å². The Morgan fingerprint density at radius 2 is 1.93 bits per heavy atom. The van der Waals surface area contributed by atoms with E-state index in [1.165, 1.54) is 0 Å². The largest absolute Gasteiger partial charge is 0.356 e. The summed E-state index contributed by atoms with van der Waals surface area (Å²) in [7, 11) is 0. The molecule has 5 rings (SSSR count). The molecule has 30 heavy (non-hydrogen) atoms. The maximum Gasteiger partial charge on any atom is 0.229 e. The van der Waals surface area contributed by atoms with E-state index in [-0.39, 0.29) is 11.3 Å². The molecule has 0 atom stereocenters. The Morgan fingerprint density at radius 3 is 2.60 bits per heavy atom. The molecule has 2 N–H and O–H groups in total. The summed E-state index contributed by atoms with van der Waals surface area (Å²) >= 11 is 0. The minimum absolute atomic E-state index is 0.172. The van der Waals surface area contributed by atoms with Crippen molar-refractivity contribution in [3.63, 3.8) is 0 Å². The van der Waals surface area contributed by atoms with Crippen molar-refractivity contribution in [2.24, 2.45) is 5.41 Å². The summed E-state index contributed by atoms with van der Waals surface area (Å²) in [6.07, 6.45) is 8.23. The maximum absolute atomic E-state index is 12.2. The molecule has 8 nitrogen and oxygen atoms in total.